The molecule has 0 bridgehead atoms. The number of halogens is 1. The first-order valence-corrected chi connectivity index (χ1v) is 13.6. The molecule has 0 spiro atoms. The number of anilines is 1. The summed E-state index contributed by atoms with van der Waals surface area (Å²) in [6, 6.07) is 31.1. The SMILES string of the molecule is C[n+]1cc(-c2ccccc2)c(/C=C/c2ccc(N3CCCCC3)cc2)cc1-c1ccc(C(C)(C)C)cc1.[I-]. The van der Waals surface area contributed by atoms with Gasteiger partial charge in [0, 0.05) is 30.4 Å². The van der Waals surface area contributed by atoms with Gasteiger partial charge in [-0.2, -0.15) is 0 Å². The zero-order valence-corrected chi connectivity index (χ0v) is 25.3. The molecular weight excluding hydrogens is 575 g/mol. The lowest BCUT2D eigenvalue weighted by Gasteiger charge is -2.28. The Kier molecular flexibility index (Phi) is 9.09. The Balaban J connectivity index is 0.00000336. The number of hydrogen-bond donors (Lipinski definition) is 0. The first-order valence-electron chi connectivity index (χ1n) is 13.6. The van der Waals surface area contributed by atoms with Gasteiger partial charge in [-0.25, -0.2) is 4.57 Å². The molecule has 3 heteroatoms. The molecule has 1 fully saturated rings. The molecule has 0 amide bonds. The van der Waals surface area contributed by atoms with Crippen LogP contribution in [0.1, 0.15) is 56.7 Å². The van der Waals surface area contributed by atoms with Crippen LogP contribution in [0.2, 0.25) is 0 Å². The predicted molar refractivity (Wildman–Crippen MR) is 159 cm³/mol. The van der Waals surface area contributed by atoms with Gasteiger partial charge < -0.3 is 28.9 Å². The Morgan fingerprint density at radius 2 is 1.39 bits per heavy atom. The number of aryl methyl sites for hydroxylation is 1. The molecule has 196 valence electrons. The molecule has 1 saturated heterocycles. The summed E-state index contributed by atoms with van der Waals surface area (Å²) in [4.78, 5) is 2.51. The summed E-state index contributed by atoms with van der Waals surface area (Å²) in [5.74, 6) is 0. The summed E-state index contributed by atoms with van der Waals surface area (Å²) in [6.07, 6.45) is 10.7. The largest absolute Gasteiger partial charge is 1.00 e. The number of aromatic nitrogens is 1. The molecule has 2 heterocycles. The molecule has 0 atom stereocenters. The van der Waals surface area contributed by atoms with Gasteiger partial charge in [0.25, 0.3) is 0 Å². The Hall–Kier alpha value is -2.92. The van der Waals surface area contributed by atoms with Crippen LogP contribution in [0.3, 0.4) is 0 Å². The van der Waals surface area contributed by atoms with Crippen LogP contribution in [0, 0.1) is 0 Å². The van der Waals surface area contributed by atoms with Crippen LogP contribution in [-0.2, 0) is 12.5 Å². The summed E-state index contributed by atoms with van der Waals surface area (Å²) in [6.45, 7) is 9.14. The summed E-state index contributed by atoms with van der Waals surface area (Å²) in [5.41, 5.74) is 10.2. The lowest BCUT2D eigenvalue weighted by molar-refractivity contribution is -0.659. The number of nitrogens with zero attached hydrogens (tertiary/aromatic N) is 2. The zero-order chi connectivity index (χ0) is 25.8. The first-order chi connectivity index (χ1) is 17.9. The van der Waals surface area contributed by atoms with E-state index in [0.717, 1.165) is 0 Å². The number of pyridine rings is 1. The first kappa shape index (κ1) is 28.1. The lowest BCUT2D eigenvalue weighted by Crippen LogP contribution is -3.00. The maximum Gasteiger partial charge on any atom is 0.212 e. The van der Waals surface area contributed by atoms with Crippen molar-refractivity contribution in [2.45, 2.75) is 45.4 Å². The Morgan fingerprint density at radius 1 is 0.737 bits per heavy atom. The van der Waals surface area contributed by atoms with Crippen LogP contribution < -0.4 is 33.4 Å². The maximum absolute atomic E-state index is 2.51. The second-order valence-electron chi connectivity index (χ2n) is 11.3. The fourth-order valence-corrected chi connectivity index (χ4v) is 5.22. The predicted octanol–water partition coefficient (Wildman–Crippen LogP) is 5.31. The van der Waals surface area contributed by atoms with Crippen LogP contribution in [0.15, 0.2) is 91.1 Å². The second-order valence-corrected chi connectivity index (χ2v) is 11.3. The summed E-state index contributed by atoms with van der Waals surface area (Å²) in [7, 11) is 2.15. The van der Waals surface area contributed by atoms with E-state index < -0.39 is 0 Å². The van der Waals surface area contributed by atoms with Gasteiger partial charge in [0.2, 0.25) is 5.69 Å². The van der Waals surface area contributed by atoms with Gasteiger partial charge in [-0.3, -0.25) is 0 Å². The van der Waals surface area contributed by atoms with E-state index in [1.165, 1.54) is 77.1 Å². The number of piperidine rings is 1. The van der Waals surface area contributed by atoms with Crippen LogP contribution in [0.4, 0.5) is 5.69 Å². The molecule has 0 N–H and O–H groups in total. The van der Waals surface area contributed by atoms with Crippen molar-refractivity contribution in [1.29, 1.82) is 0 Å². The Labute approximate surface area is 246 Å². The van der Waals surface area contributed by atoms with Gasteiger partial charge >= 0.3 is 0 Å². The zero-order valence-electron chi connectivity index (χ0n) is 23.1. The molecule has 1 aliphatic rings. The van der Waals surface area contributed by atoms with Gasteiger partial charge in [0.05, 0.1) is 5.56 Å². The van der Waals surface area contributed by atoms with Crippen molar-refractivity contribution in [3.05, 3.63) is 108 Å². The minimum absolute atomic E-state index is 0. The minimum Gasteiger partial charge on any atom is -1.00 e. The van der Waals surface area contributed by atoms with E-state index in [0.29, 0.717) is 0 Å². The summed E-state index contributed by atoms with van der Waals surface area (Å²) in [5, 5.41) is 0. The molecule has 2 nitrogen and oxygen atoms in total. The van der Waals surface area contributed by atoms with Gasteiger partial charge in [-0.15, -0.1) is 0 Å². The highest BCUT2D eigenvalue weighted by Crippen LogP contribution is 2.30. The quantitative estimate of drug-likeness (QED) is 0.219. The average molecular weight is 615 g/mol. The van der Waals surface area contributed by atoms with Crippen molar-refractivity contribution in [3.63, 3.8) is 0 Å². The Bertz CT molecular complexity index is 1360. The molecule has 1 aliphatic heterocycles. The third-order valence-corrected chi connectivity index (χ3v) is 7.51. The third-order valence-electron chi connectivity index (χ3n) is 7.51. The van der Waals surface area contributed by atoms with Gasteiger partial charge in [0.1, 0.15) is 7.05 Å². The number of rotatable bonds is 5. The van der Waals surface area contributed by atoms with Crippen molar-refractivity contribution >= 4 is 17.8 Å². The molecule has 0 radical (unpaired) electrons. The molecule has 3 aromatic carbocycles. The van der Waals surface area contributed by atoms with Gasteiger partial charge in [-0.1, -0.05) is 87.5 Å². The highest BCUT2D eigenvalue weighted by atomic mass is 127. The number of hydrogen-bond acceptors (Lipinski definition) is 1. The summed E-state index contributed by atoms with van der Waals surface area (Å²) >= 11 is 0. The third kappa shape index (κ3) is 6.55. The van der Waals surface area contributed by atoms with Gasteiger partial charge in [0.15, 0.2) is 6.20 Å². The highest BCUT2D eigenvalue weighted by molar-refractivity contribution is 5.82. The average Bonchev–Trinajstić information content (AvgIpc) is 2.93. The van der Waals surface area contributed by atoms with Crippen LogP contribution >= 0.6 is 0 Å². The normalized spacial score (nSPS) is 13.9. The molecule has 5 rings (SSSR count). The fourth-order valence-electron chi connectivity index (χ4n) is 5.22. The standard InChI is InChI=1S/C35H39N2.HI/c1-35(2,3)31-19-17-29(18-20-31)34-25-30(33(26-36(34)4)28-11-7-5-8-12-28)16-13-27-14-21-32(22-15-27)37-23-9-6-10-24-37;/h5,7-8,11-22,25-26H,6,9-10,23-24H2,1-4H3;1H/q+1;/p-1. The van der Waals surface area contributed by atoms with E-state index in [1.54, 1.807) is 0 Å². The van der Waals surface area contributed by atoms with Gasteiger partial charge in [-0.05, 0) is 71.2 Å². The second kappa shape index (κ2) is 12.3. The number of benzene rings is 3. The fraction of sp³-hybridized carbons (Fsp3) is 0.286. The molecule has 0 unspecified atom stereocenters. The van der Waals surface area contributed by atoms with Crippen LogP contribution in [0.25, 0.3) is 34.5 Å². The van der Waals surface area contributed by atoms with E-state index >= 15 is 0 Å². The molecule has 0 saturated carbocycles. The monoisotopic (exact) mass is 614 g/mol. The van der Waals surface area contributed by atoms with Crippen molar-refractivity contribution in [2.75, 3.05) is 18.0 Å². The molecular formula is C35H39IN2. The van der Waals surface area contributed by atoms with Crippen LogP contribution in [0.5, 0.6) is 0 Å². The van der Waals surface area contributed by atoms with E-state index in [9.17, 15) is 0 Å². The van der Waals surface area contributed by atoms with Crippen molar-refractivity contribution in [2.24, 2.45) is 7.05 Å². The smallest absolute Gasteiger partial charge is 0.212 e. The van der Waals surface area contributed by atoms with Crippen molar-refractivity contribution < 1.29 is 28.5 Å². The highest BCUT2D eigenvalue weighted by Gasteiger charge is 2.18. The lowest BCUT2D eigenvalue weighted by atomic mass is 9.86. The van der Waals surface area contributed by atoms with Crippen molar-refractivity contribution in [3.8, 4) is 22.4 Å². The maximum atomic E-state index is 2.51. The summed E-state index contributed by atoms with van der Waals surface area (Å²) < 4.78 is 2.25. The molecule has 4 aromatic rings. The van der Waals surface area contributed by atoms with E-state index in [-0.39, 0.29) is 29.4 Å². The van der Waals surface area contributed by atoms with E-state index in [4.69, 9.17) is 0 Å². The molecule has 1 aromatic heterocycles. The van der Waals surface area contributed by atoms with E-state index in [1.807, 2.05) is 0 Å². The Morgan fingerprint density at radius 3 is 2.03 bits per heavy atom. The molecule has 38 heavy (non-hydrogen) atoms. The van der Waals surface area contributed by atoms with Crippen LogP contribution in [-0.4, -0.2) is 13.1 Å². The topological polar surface area (TPSA) is 7.12 Å². The molecule has 0 aliphatic carbocycles. The van der Waals surface area contributed by atoms with Crippen molar-refractivity contribution in [1.82, 2.24) is 0 Å². The van der Waals surface area contributed by atoms with E-state index in [2.05, 4.69) is 141 Å². The minimum atomic E-state index is 0.